The molecular weight excluding hydrogens is 214 g/mol. The molecule has 17 heavy (non-hydrogen) atoms. The molecule has 0 amide bonds. The molecule has 1 N–H and O–H groups in total. The van der Waals surface area contributed by atoms with Crippen LogP contribution in [0, 0.1) is 0 Å². The van der Waals surface area contributed by atoms with E-state index in [-0.39, 0.29) is 11.2 Å². The molecule has 3 fully saturated rings. The first-order chi connectivity index (χ1) is 8.29. The quantitative estimate of drug-likeness (QED) is 0.761. The Labute approximate surface area is 104 Å². The van der Waals surface area contributed by atoms with Crippen LogP contribution >= 0.6 is 0 Å². The third-order valence-corrected chi connectivity index (χ3v) is 4.99. The van der Waals surface area contributed by atoms with Crippen LogP contribution in [0.15, 0.2) is 0 Å². The summed E-state index contributed by atoms with van der Waals surface area (Å²) in [6, 6.07) is 0. The Bertz CT molecular complexity index is 271. The average Bonchev–Trinajstić information content (AvgIpc) is 2.77. The van der Waals surface area contributed by atoms with Gasteiger partial charge in [-0.2, -0.15) is 0 Å². The molecule has 2 aliphatic carbocycles. The zero-order valence-electron chi connectivity index (χ0n) is 11.0. The molecule has 2 unspecified atom stereocenters. The van der Waals surface area contributed by atoms with Gasteiger partial charge in [0.1, 0.15) is 5.60 Å². The summed E-state index contributed by atoms with van der Waals surface area (Å²) < 4.78 is 12.4. The van der Waals surface area contributed by atoms with Gasteiger partial charge in [0, 0.05) is 20.2 Å². The fourth-order valence-electron chi connectivity index (χ4n) is 4.13. The zero-order chi connectivity index (χ0) is 11.8. The highest BCUT2D eigenvalue weighted by atomic mass is 16.6. The molecule has 3 nitrogen and oxygen atoms in total. The van der Waals surface area contributed by atoms with Crippen molar-refractivity contribution in [3.05, 3.63) is 0 Å². The fourth-order valence-corrected chi connectivity index (χ4v) is 4.13. The van der Waals surface area contributed by atoms with E-state index in [2.05, 4.69) is 5.32 Å². The van der Waals surface area contributed by atoms with Crippen LogP contribution in [0.2, 0.25) is 0 Å². The van der Waals surface area contributed by atoms with Gasteiger partial charge in [-0.25, -0.2) is 0 Å². The van der Waals surface area contributed by atoms with E-state index in [0.717, 1.165) is 19.5 Å². The number of hydrogen-bond acceptors (Lipinski definition) is 3. The van der Waals surface area contributed by atoms with E-state index >= 15 is 0 Å². The molecule has 0 aromatic carbocycles. The maximum absolute atomic E-state index is 6.68. The minimum atomic E-state index is -0.0322. The number of ether oxygens (including phenoxy) is 2. The summed E-state index contributed by atoms with van der Waals surface area (Å²) in [4.78, 5) is 0. The van der Waals surface area contributed by atoms with E-state index in [4.69, 9.17) is 9.47 Å². The van der Waals surface area contributed by atoms with Crippen molar-refractivity contribution in [3.63, 3.8) is 0 Å². The summed E-state index contributed by atoms with van der Waals surface area (Å²) in [6.07, 6.45) is 10.3. The van der Waals surface area contributed by atoms with Gasteiger partial charge in [-0.1, -0.05) is 25.7 Å². The summed E-state index contributed by atoms with van der Waals surface area (Å²) >= 11 is 0. The second-order valence-corrected chi connectivity index (χ2v) is 6.13. The van der Waals surface area contributed by atoms with Crippen molar-refractivity contribution in [3.8, 4) is 0 Å². The predicted octanol–water partition coefficient (Wildman–Crippen LogP) is 2.25. The van der Waals surface area contributed by atoms with Gasteiger partial charge in [-0.3, -0.25) is 0 Å². The summed E-state index contributed by atoms with van der Waals surface area (Å²) in [6.45, 7) is 2.03. The number of morpholine rings is 1. The number of hydrogen-bond donors (Lipinski definition) is 1. The largest absolute Gasteiger partial charge is 0.378 e. The maximum Gasteiger partial charge on any atom is 0.107 e. The summed E-state index contributed by atoms with van der Waals surface area (Å²) in [5.41, 5.74) is 0.0992. The van der Waals surface area contributed by atoms with Crippen molar-refractivity contribution < 1.29 is 9.47 Å². The first kappa shape index (κ1) is 11.9. The van der Waals surface area contributed by atoms with Gasteiger partial charge < -0.3 is 14.8 Å². The lowest BCUT2D eigenvalue weighted by Crippen LogP contribution is -2.65. The van der Waals surface area contributed by atoms with Crippen LogP contribution in [-0.4, -0.2) is 37.5 Å². The van der Waals surface area contributed by atoms with Gasteiger partial charge in [0.05, 0.1) is 11.7 Å². The Morgan fingerprint density at radius 3 is 2.59 bits per heavy atom. The minimum absolute atomic E-state index is 0.0322. The third kappa shape index (κ3) is 2.02. The number of rotatable bonds is 1. The van der Waals surface area contributed by atoms with Gasteiger partial charge in [0.15, 0.2) is 0 Å². The van der Waals surface area contributed by atoms with Crippen LogP contribution < -0.4 is 5.32 Å². The van der Waals surface area contributed by atoms with Crippen molar-refractivity contribution in [1.29, 1.82) is 0 Å². The lowest BCUT2D eigenvalue weighted by molar-refractivity contribution is -0.233. The third-order valence-electron chi connectivity index (χ3n) is 4.99. The van der Waals surface area contributed by atoms with Crippen LogP contribution in [-0.2, 0) is 9.47 Å². The fraction of sp³-hybridized carbons (Fsp3) is 1.00. The van der Waals surface area contributed by atoms with Gasteiger partial charge in [0.2, 0.25) is 0 Å². The van der Waals surface area contributed by atoms with Crippen LogP contribution in [0.1, 0.15) is 51.4 Å². The maximum atomic E-state index is 6.68. The van der Waals surface area contributed by atoms with Crippen molar-refractivity contribution in [1.82, 2.24) is 5.32 Å². The van der Waals surface area contributed by atoms with Crippen LogP contribution in [0.4, 0.5) is 0 Å². The summed E-state index contributed by atoms with van der Waals surface area (Å²) in [5.74, 6) is 0. The molecule has 0 bridgehead atoms. The van der Waals surface area contributed by atoms with E-state index in [1.165, 1.54) is 44.9 Å². The van der Waals surface area contributed by atoms with Gasteiger partial charge in [0.25, 0.3) is 0 Å². The molecule has 2 saturated carbocycles. The molecule has 2 atom stereocenters. The molecule has 3 rings (SSSR count). The van der Waals surface area contributed by atoms with Crippen LogP contribution in [0.3, 0.4) is 0 Å². The number of nitrogens with one attached hydrogen (secondary N) is 1. The molecule has 0 aromatic rings. The molecule has 0 aromatic heterocycles. The lowest BCUT2D eigenvalue weighted by atomic mass is 9.79. The molecule has 3 aliphatic rings. The van der Waals surface area contributed by atoms with Crippen molar-refractivity contribution in [2.45, 2.75) is 68.7 Å². The van der Waals surface area contributed by atoms with Gasteiger partial charge >= 0.3 is 0 Å². The minimum Gasteiger partial charge on any atom is -0.378 e. The summed E-state index contributed by atoms with van der Waals surface area (Å²) in [7, 11) is 1.84. The smallest absolute Gasteiger partial charge is 0.107 e. The standard InChI is InChI=1S/C14H25NO2/c1-16-12-6-2-3-9-14(12)11-15-10-13(17-14)7-4-5-8-13/h12,15H,2-11H2,1H3. The Kier molecular flexibility index (Phi) is 3.18. The molecule has 1 heterocycles. The van der Waals surface area contributed by atoms with Crippen LogP contribution in [0.25, 0.3) is 0 Å². The zero-order valence-corrected chi connectivity index (χ0v) is 11.0. The number of methoxy groups -OCH3 is 1. The highest BCUT2D eigenvalue weighted by molar-refractivity contribution is 5.03. The van der Waals surface area contributed by atoms with Crippen molar-refractivity contribution in [2.24, 2.45) is 0 Å². The van der Waals surface area contributed by atoms with Gasteiger partial charge in [-0.05, 0) is 25.7 Å². The lowest BCUT2D eigenvalue weighted by Gasteiger charge is -2.52. The molecule has 2 spiro atoms. The average molecular weight is 239 g/mol. The Balaban J connectivity index is 1.80. The Morgan fingerprint density at radius 2 is 1.82 bits per heavy atom. The second-order valence-electron chi connectivity index (χ2n) is 6.13. The Morgan fingerprint density at radius 1 is 1.06 bits per heavy atom. The molecular formula is C14H25NO2. The molecule has 98 valence electrons. The van der Waals surface area contributed by atoms with E-state index in [1.54, 1.807) is 0 Å². The molecule has 1 saturated heterocycles. The van der Waals surface area contributed by atoms with Crippen molar-refractivity contribution in [2.75, 3.05) is 20.2 Å². The first-order valence-corrected chi connectivity index (χ1v) is 7.22. The topological polar surface area (TPSA) is 30.5 Å². The van der Waals surface area contributed by atoms with E-state index < -0.39 is 0 Å². The normalized spacial score (nSPS) is 41.1. The Hall–Kier alpha value is -0.120. The highest BCUT2D eigenvalue weighted by Crippen LogP contribution is 2.44. The highest BCUT2D eigenvalue weighted by Gasteiger charge is 2.51. The monoisotopic (exact) mass is 239 g/mol. The first-order valence-electron chi connectivity index (χ1n) is 7.22. The van der Waals surface area contributed by atoms with Crippen molar-refractivity contribution >= 4 is 0 Å². The predicted molar refractivity (Wildman–Crippen MR) is 67.1 cm³/mol. The van der Waals surface area contributed by atoms with Crippen LogP contribution in [0.5, 0.6) is 0 Å². The molecule has 3 heteroatoms. The molecule has 0 radical (unpaired) electrons. The summed E-state index contributed by atoms with van der Waals surface area (Å²) in [5, 5.41) is 3.64. The van der Waals surface area contributed by atoms with E-state index in [9.17, 15) is 0 Å². The van der Waals surface area contributed by atoms with E-state index in [0.29, 0.717) is 6.10 Å². The van der Waals surface area contributed by atoms with E-state index in [1.807, 2.05) is 7.11 Å². The van der Waals surface area contributed by atoms with Gasteiger partial charge in [-0.15, -0.1) is 0 Å². The molecule has 1 aliphatic heterocycles. The second kappa shape index (κ2) is 4.52. The SMILES string of the molecule is COC1CCCCC12CNCC1(CCCC1)O2.